The van der Waals surface area contributed by atoms with Gasteiger partial charge in [0, 0.05) is 66.9 Å². The van der Waals surface area contributed by atoms with Gasteiger partial charge >= 0.3 is 0 Å². The lowest BCUT2D eigenvalue weighted by Gasteiger charge is -2.20. The number of carbonyl (C=O) groups excluding carboxylic acids is 1. The minimum absolute atomic E-state index is 0.00330. The van der Waals surface area contributed by atoms with Crippen molar-refractivity contribution in [3.63, 3.8) is 0 Å². The first-order valence-electron chi connectivity index (χ1n) is 13.2. The molecule has 10 nitrogen and oxygen atoms in total. The van der Waals surface area contributed by atoms with Crippen LogP contribution in [0.15, 0.2) is 64.7 Å². The Labute approximate surface area is 249 Å². The number of amides is 1. The number of methoxy groups -OCH3 is 2. The lowest BCUT2D eigenvalue weighted by molar-refractivity contribution is -0.129. The highest BCUT2D eigenvalue weighted by Gasteiger charge is 2.21. The van der Waals surface area contributed by atoms with Gasteiger partial charge in [-0.25, -0.2) is 4.98 Å². The van der Waals surface area contributed by atoms with Crippen molar-refractivity contribution < 1.29 is 23.7 Å². The quantitative estimate of drug-likeness (QED) is 0.121. The topological polar surface area (TPSA) is 105 Å². The number of hydrogen-bond acceptors (Lipinski definition) is 10. The van der Waals surface area contributed by atoms with Crippen LogP contribution in [0.4, 0.5) is 0 Å². The van der Waals surface area contributed by atoms with Gasteiger partial charge in [0.15, 0.2) is 23.0 Å². The van der Waals surface area contributed by atoms with Crippen molar-refractivity contribution in [1.82, 2.24) is 19.4 Å². The first-order chi connectivity index (χ1) is 20.5. The van der Waals surface area contributed by atoms with Crippen LogP contribution in [-0.4, -0.2) is 65.7 Å². The van der Waals surface area contributed by atoms with Crippen LogP contribution in [0.3, 0.4) is 0 Å². The maximum Gasteiger partial charge on any atom is 0.259 e. The van der Waals surface area contributed by atoms with Crippen molar-refractivity contribution in [1.29, 1.82) is 0 Å². The van der Waals surface area contributed by atoms with E-state index in [0.29, 0.717) is 63.5 Å². The summed E-state index contributed by atoms with van der Waals surface area (Å²) in [5.74, 6) is 2.83. The summed E-state index contributed by atoms with van der Waals surface area (Å²) in [6, 6.07) is 12.9. The number of pyridine rings is 3. The Balaban J connectivity index is 1.34. The molecule has 0 aliphatic carbocycles. The SMILES string of the molecule is COc1cc2c(=O)n(CCN(C)C(=O)CCSSc3ccccn3)c3c4cc5c(cc4ncc3c2cc1OC)OCO5. The van der Waals surface area contributed by atoms with Crippen LogP contribution < -0.4 is 24.5 Å². The molecule has 6 rings (SSSR count). The van der Waals surface area contributed by atoms with Gasteiger partial charge in [-0.2, -0.15) is 0 Å². The van der Waals surface area contributed by atoms with E-state index in [0.717, 1.165) is 15.8 Å². The van der Waals surface area contributed by atoms with E-state index in [1.165, 1.54) is 7.11 Å². The Morgan fingerprint density at radius 1 is 1.00 bits per heavy atom. The van der Waals surface area contributed by atoms with Crippen molar-refractivity contribution >= 4 is 60.1 Å². The standard InChI is InChI=1S/C30H28N4O6S2/c1-33(28(35)7-11-41-42-27-6-4-5-8-31-27)9-10-34-29-20-14-25-26(40-17-39-25)15-22(20)32-16-21(29)18-12-23(37-2)24(38-3)13-19(18)30(34)36/h4-6,8,12-16H,7,9-11,17H2,1-3H3. The van der Waals surface area contributed by atoms with E-state index in [4.69, 9.17) is 23.9 Å². The van der Waals surface area contributed by atoms with E-state index in [9.17, 15) is 9.59 Å². The number of nitrogens with zero attached hydrogens (tertiary/aromatic N) is 4. The second-order valence-electron chi connectivity index (χ2n) is 9.59. The van der Waals surface area contributed by atoms with Crippen LogP contribution in [0.25, 0.3) is 32.6 Å². The Morgan fingerprint density at radius 2 is 1.76 bits per heavy atom. The Hall–Kier alpha value is -4.16. The lowest BCUT2D eigenvalue weighted by atomic mass is 10.0. The Kier molecular flexibility index (Phi) is 7.98. The van der Waals surface area contributed by atoms with E-state index < -0.39 is 0 Å². The van der Waals surface area contributed by atoms with Gasteiger partial charge in [0.25, 0.3) is 5.56 Å². The van der Waals surface area contributed by atoms with Crippen molar-refractivity contribution in [2.24, 2.45) is 0 Å². The number of likely N-dealkylation sites (N-methyl/N-ethyl adjacent to an activating group) is 1. The molecule has 0 spiro atoms. The smallest absolute Gasteiger partial charge is 0.259 e. The maximum absolute atomic E-state index is 14.1. The minimum atomic E-state index is -0.202. The molecule has 0 radical (unpaired) electrons. The molecule has 42 heavy (non-hydrogen) atoms. The normalized spacial score (nSPS) is 12.3. The van der Waals surface area contributed by atoms with Gasteiger partial charge in [-0.3, -0.25) is 14.6 Å². The summed E-state index contributed by atoms with van der Waals surface area (Å²) < 4.78 is 24.0. The molecule has 5 aromatic rings. The van der Waals surface area contributed by atoms with Crippen LogP contribution in [0.1, 0.15) is 6.42 Å². The molecule has 4 heterocycles. The van der Waals surface area contributed by atoms with E-state index in [1.807, 2.05) is 30.3 Å². The molecular formula is C30H28N4O6S2. The molecule has 216 valence electrons. The third-order valence-corrected chi connectivity index (χ3v) is 9.43. The van der Waals surface area contributed by atoms with Crippen molar-refractivity contribution in [2.75, 3.05) is 40.4 Å². The second-order valence-corrected chi connectivity index (χ2v) is 12.0. The highest BCUT2D eigenvalue weighted by molar-refractivity contribution is 8.76. The van der Waals surface area contributed by atoms with Gasteiger partial charge in [-0.15, -0.1) is 0 Å². The molecule has 2 aromatic carbocycles. The second kappa shape index (κ2) is 12.0. The van der Waals surface area contributed by atoms with Crippen LogP contribution in [0.2, 0.25) is 0 Å². The summed E-state index contributed by atoms with van der Waals surface area (Å²) in [6.45, 7) is 0.756. The van der Waals surface area contributed by atoms with Crippen molar-refractivity contribution in [3.05, 3.63) is 65.2 Å². The van der Waals surface area contributed by atoms with Gasteiger partial charge in [-0.1, -0.05) is 16.9 Å². The average Bonchev–Trinajstić information content (AvgIpc) is 3.48. The third kappa shape index (κ3) is 5.27. The van der Waals surface area contributed by atoms with Crippen molar-refractivity contribution in [2.45, 2.75) is 18.0 Å². The molecule has 0 N–H and O–H groups in total. The summed E-state index contributed by atoms with van der Waals surface area (Å²) in [7, 11) is 8.00. The third-order valence-electron chi connectivity index (χ3n) is 7.16. The van der Waals surface area contributed by atoms with Gasteiger partial charge in [0.2, 0.25) is 12.7 Å². The summed E-state index contributed by atoms with van der Waals surface area (Å²) in [5.41, 5.74) is 1.17. The zero-order chi connectivity index (χ0) is 29.2. The van der Waals surface area contributed by atoms with Crippen molar-refractivity contribution in [3.8, 4) is 23.0 Å². The number of ether oxygens (including phenoxy) is 4. The predicted octanol–water partition coefficient (Wildman–Crippen LogP) is 5.13. The number of aromatic nitrogens is 3. The number of fused-ring (bicyclic) bond motifs is 6. The van der Waals surface area contributed by atoms with Gasteiger partial charge in [-0.05, 0) is 41.1 Å². The predicted molar refractivity (Wildman–Crippen MR) is 165 cm³/mol. The zero-order valence-electron chi connectivity index (χ0n) is 23.3. The summed E-state index contributed by atoms with van der Waals surface area (Å²) in [4.78, 5) is 37.7. The van der Waals surface area contributed by atoms with E-state index in [1.54, 1.807) is 69.7 Å². The highest BCUT2D eigenvalue weighted by Crippen LogP contribution is 2.40. The molecule has 0 saturated heterocycles. The van der Waals surface area contributed by atoms with Gasteiger partial charge in [0.05, 0.1) is 30.6 Å². The molecule has 1 aliphatic rings. The average molecular weight is 605 g/mol. The lowest BCUT2D eigenvalue weighted by Crippen LogP contribution is -2.33. The zero-order valence-corrected chi connectivity index (χ0v) is 24.9. The molecule has 3 aromatic heterocycles. The molecule has 0 fully saturated rings. The van der Waals surface area contributed by atoms with Crippen LogP contribution in [0.5, 0.6) is 23.0 Å². The fraction of sp³-hybridized carbons (Fsp3) is 0.267. The summed E-state index contributed by atoms with van der Waals surface area (Å²) >= 11 is 0. The number of benzene rings is 2. The molecule has 0 unspecified atom stereocenters. The molecule has 1 amide bonds. The maximum atomic E-state index is 14.1. The van der Waals surface area contributed by atoms with Crippen LogP contribution in [-0.2, 0) is 11.3 Å². The summed E-state index contributed by atoms with van der Waals surface area (Å²) in [6.07, 6.45) is 3.89. The highest BCUT2D eigenvalue weighted by atomic mass is 33.1. The molecule has 1 aliphatic heterocycles. The molecular weight excluding hydrogens is 576 g/mol. The fourth-order valence-corrected chi connectivity index (χ4v) is 6.85. The number of carbonyl (C=O) groups is 1. The largest absolute Gasteiger partial charge is 0.493 e. The minimum Gasteiger partial charge on any atom is -0.493 e. The summed E-state index contributed by atoms with van der Waals surface area (Å²) in [5, 5.41) is 3.60. The molecule has 12 heteroatoms. The van der Waals surface area contributed by atoms with E-state index >= 15 is 0 Å². The first kappa shape index (κ1) is 28.0. The molecule has 0 atom stereocenters. The number of hydrogen-bond donors (Lipinski definition) is 0. The Morgan fingerprint density at radius 3 is 2.50 bits per heavy atom. The number of rotatable bonds is 10. The van der Waals surface area contributed by atoms with E-state index in [-0.39, 0.29) is 24.8 Å². The van der Waals surface area contributed by atoms with Gasteiger partial charge in [0.1, 0.15) is 5.03 Å². The Bertz CT molecular complexity index is 1860. The fourth-order valence-electron chi connectivity index (χ4n) is 4.99. The molecule has 0 saturated carbocycles. The van der Waals surface area contributed by atoms with Gasteiger partial charge < -0.3 is 28.4 Å². The first-order valence-corrected chi connectivity index (χ1v) is 15.6. The van der Waals surface area contributed by atoms with E-state index in [2.05, 4.69) is 4.98 Å². The monoisotopic (exact) mass is 604 g/mol. The van der Waals surface area contributed by atoms with Crippen LogP contribution >= 0.6 is 21.6 Å². The molecule has 0 bridgehead atoms. The van der Waals surface area contributed by atoms with Crippen LogP contribution in [0, 0.1) is 0 Å².